The molecule has 3 N–H and O–H groups in total. The number of alkyl carbamates (subject to hydrolysis) is 1. The molecule has 0 heterocycles. The highest BCUT2D eigenvalue weighted by Gasteiger charge is 2.43. The van der Waals surface area contributed by atoms with E-state index in [9.17, 15) is 14.4 Å². The van der Waals surface area contributed by atoms with Crippen molar-refractivity contribution in [1.82, 2.24) is 10.6 Å². The Labute approximate surface area is 174 Å². The lowest BCUT2D eigenvalue weighted by Crippen LogP contribution is -2.39. The summed E-state index contributed by atoms with van der Waals surface area (Å²) in [4.78, 5) is 35.0. The first-order valence-electron chi connectivity index (χ1n) is 10.1. The minimum Gasteiger partial charge on any atom is -0.480 e. The summed E-state index contributed by atoms with van der Waals surface area (Å²) < 4.78 is 5.48. The summed E-state index contributed by atoms with van der Waals surface area (Å²) in [5, 5.41) is 14.0. The van der Waals surface area contributed by atoms with Crippen molar-refractivity contribution in [1.29, 1.82) is 0 Å². The van der Waals surface area contributed by atoms with E-state index in [2.05, 4.69) is 34.9 Å². The highest BCUT2D eigenvalue weighted by Crippen LogP contribution is 2.44. The van der Waals surface area contributed by atoms with Crippen molar-refractivity contribution < 1.29 is 24.2 Å². The molecule has 1 fully saturated rings. The van der Waals surface area contributed by atoms with Crippen LogP contribution in [0.15, 0.2) is 48.5 Å². The predicted octanol–water partition coefficient (Wildman–Crippen LogP) is 2.75. The number of nitrogens with one attached hydrogen (secondary N) is 2. The molecule has 2 aliphatic carbocycles. The van der Waals surface area contributed by atoms with Crippen LogP contribution in [0.25, 0.3) is 11.1 Å². The Morgan fingerprint density at radius 2 is 1.67 bits per heavy atom. The Hall–Kier alpha value is -3.35. The van der Waals surface area contributed by atoms with Gasteiger partial charge in [-0.05, 0) is 41.5 Å². The van der Waals surface area contributed by atoms with Crippen molar-refractivity contribution in [2.75, 3.05) is 13.2 Å². The topological polar surface area (TPSA) is 105 Å². The zero-order valence-electron chi connectivity index (χ0n) is 16.6. The van der Waals surface area contributed by atoms with Crippen molar-refractivity contribution in [2.45, 2.75) is 25.3 Å². The Kier molecular flexibility index (Phi) is 5.44. The third-order valence-corrected chi connectivity index (χ3v) is 5.84. The lowest BCUT2D eigenvalue weighted by Gasteiger charge is -2.14. The van der Waals surface area contributed by atoms with Gasteiger partial charge in [0.2, 0.25) is 5.91 Å². The summed E-state index contributed by atoms with van der Waals surface area (Å²) in [6.45, 7) is 1.99. The lowest BCUT2D eigenvalue weighted by molar-refractivity contribution is -0.141. The molecule has 30 heavy (non-hydrogen) atoms. The highest BCUT2D eigenvalue weighted by molar-refractivity contribution is 5.86. The van der Waals surface area contributed by atoms with E-state index in [1.165, 1.54) is 18.1 Å². The molecule has 3 atom stereocenters. The van der Waals surface area contributed by atoms with Gasteiger partial charge in [-0.15, -0.1) is 0 Å². The summed E-state index contributed by atoms with van der Waals surface area (Å²) in [7, 11) is 0. The monoisotopic (exact) mass is 408 g/mol. The summed E-state index contributed by atoms with van der Waals surface area (Å²) in [6, 6.07) is 15.3. The van der Waals surface area contributed by atoms with Crippen LogP contribution in [0.5, 0.6) is 0 Å². The Morgan fingerprint density at radius 3 is 2.27 bits per heavy atom. The Bertz CT molecular complexity index is 944. The molecule has 0 bridgehead atoms. The van der Waals surface area contributed by atoms with Gasteiger partial charge in [0.05, 0.1) is 0 Å². The van der Waals surface area contributed by atoms with Crippen LogP contribution >= 0.6 is 0 Å². The second kappa shape index (κ2) is 8.18. The second-order valence-corrected chi connectivity index (χ2v) is 7.88. The van der Waals surface area contributed by atoms with Gasteiger partial charge in [-0.1, -0.05) is 48.5 Å². The molecule has 2 aromatic carbocycles. The number of hydrogen-bond donors (Lipinski definition) is 3. The van der Waals surface area contributed by atoms with E-state index in [4.69, 9.17) is 9.84 Å². The summed E-state index contributed by atoms with van der Waals surface area (Å²) in [5.74, 6) is -1.62. The summed E-state index contributed by atoms with van der Waals surface area (Å²) in [5.41, 5.74) is 4.64. The number of fused-ring (bicyclic) bond motifs is 3. The fraction of sp³-hybridized carbons (Fsp3) is 0.348. The van der Waals surface area contributed by atoms with Crippen molar-refractivity contribution in [3.63, 3.8) is 0 Å². The molecule has 2 aliphatic rings. The molecule has 156 valence electrons. The molecule has 2 aromatic rings. The minimum atomic E-state index is -1.07. The molecule has 2 amide bonds. The highest BCUT2D eigenvalue weighted by atomic mass is 16.5. The quantitative estimate of drug-likeness (QED) is 0.653. The molecule has 0 aliphatic heterocycles. The summed E-state index contributed by atoms with van der Waals surface area (Å²) in [6.07, 6.45) is 0.115. The summed E-state index contributed by atoms with van der Waals surface area (Å²) >= 11 is 0. The fourth-order valence-corrected chi connectivity index (χ4v) is 4.04. The Morgan fingerprint density at radius 1 is 1.07 bits per heavy atom. The van der Waals surface area contributed by atoms with Gasteiger partial charge < -0.3 is 20.5 Å². The van der Waals surface area contributed by atoms with E-state index >= 15 is 0 Å². The molecule has 7 nitrogen and oxygen atoms in total. The van der Waals surface area contributed by atoms with Crippen LogP contribution in [0, 0.1) is 11.8 Å². The number of carboxylic acids is 1. The first-order chi connectivity index (χ1) is 14.5. The number of hydrogen-bond acceptors (Lipinski definition) is 4. The van der Waals surface area contributed by atoms with Gasteiger partial charge in [-0.3, -0.25) is 9.59 Å². The molecule has 0 spiro atoms. The number of carbonyl (C=O) groups excluding carboxylic acids is 2. The molecule has 1 saturated carbocycles. The van der Waals surface area contributed by atoms with Gasteiger partial charge in [0.25, 0.3) is 0 Å². The molecule has 0 radical (unpaired) electrons. The van der Waals surface area contributed by atoms with Gasteiger partial charge in [-0.2, -0.15) is 0 Å². The SMILES string of the molecule is C[C@H](NC(=O)[C@H]1C[C@H]1CNC(=O)OCC1c2ccccc2-c2ccccc21)C(=O)O. The Balaban J connectivity index is 1.27. The van der Waals surface area contributed by atoms with Crippen LogP contribution in [0.4, 0.5) is 4.79 Å². The van der Waals surface area contributed by atoms with E-state index in [-0.39, 0.29) is 30.3 Å². The van der Waals surface area contributed by atoms with Crippen LogP contribution in [-0.2, 0) is 14.3 Å². The number of amides is 2. The van der Waals surface area contributed by atoms with E-state index in [0.29, 0.717) is 13.0 Å². The van der Waals surface area contributed by atoms with Crippen LogP contribution in [0.2, 0.25) is 0 Å². The van der Waals surface area contributed by atoms with Crippen molar-refractivity contribution in [3.8, 4) is 11.1 Å². The molecular formula is C23H24N2O5. The number of carbonyl (C=O) groups is 3. The third-order valence-electron chi connectivity index (χ3n) is 5.84. The van der Waals surface area contributed by atoms with Gasteiger partial charge in [0, 0.05) is 18.4 Å². The normalized spacial score (nSPS) is 19.9. The van der Waals surface area contributed by atoms with Crippen LogP contribution in [0.1, 0.15) is 30.4 Å². The number of carboxylic acid groups (broad SMARTS) is 1. The van der Waals surface area contributed by atoms with E-state index in [1.807, 2.05) is 24.3 Å². The molecule has 0 aromatic heterocycles. The maximum atomic E-state index is 12.2. The molecule has 4 rings (SSSR count). The van der Waals surface area contributed by atoms with Crippen molar-refractivity contribution in [2.24, 2.45) is 11.8 Å². The van der Waals surface area contributed by atoms with Crippen LogP contribution in [-0.4, -0.2) is 42.3 Å². The van der Waals surface area contributed by atoms with E-state index < -0.39 is 18.1 Å². The first-order valence-corrected chi connectivity index (χ1v) is 10.1. The molecule has 7 heteroatoms. The van der Waals surface area contributed by atoms with E-state index in [1.54, 1.807) is 0 Å². The van der Waals surface area contributed by atoms with E-state index in [0.717, 1.165) is 11.1 Å². The number of rotatable bonds is 7. The molecule has 0 unspecified atom stereocenters. The maximum Gasteiger partial charge on any atom is 0.407 e. The van der Waals surface area contributed by atoms with Gasteiger partial charge in [0.15, 0.2) is 0 Å². The van der Waals surface area contributed by atoms with Gasteiger partial charge >= 0.3 is 12.1 Å². The molecular weight excluding hydrogens is 384 g/mol. The number of aliphatic carboxylic acids is 1. The minimum absolute atomic E-state index is 0.0000996. The van der Waals surface area contributed by atoms with Crippen LogP contribution in [0.3, 0.4) is 0 Å². The average molecular weight is 408 g/mol. The zero-order chi connectivity index (χ0) is 21.3. The maximum absolute atomic E-state index is 12.2. The largest absolute Gasteiger partial charge is 0.480 e. The third kappa shape index (κ3) is 4.01. The first kappa shape index (κ1) is 19.9. The standard InChI is InChI=1S/C23H24N2O5/c1-13(22(27)28)25-21(26)19-10-14(19)11-24-23(29)30-12-20-17-8-4-2-6-15(17)16-7-3-5-9-18(16)20/h2-9,13-14,19-20H,10-12H2,1H3,(H,24,29)(H,25,26)(H,27,28)/t13-,14-,19-/m0/s1. The number of ether oxygens (including phenoxy) is 1. The smallest absolute Gasteiger partial charge is 0.407 e. The van der Waals surface area contributed by atoms with Crippen molar-refractivity contribution >= 4 is 18.0 Å². The van der Waals surface area contributed by atoms with Crippen molar-refractivity contribution in [3.05, 3.63) is 59.7 Å². The fourth-order valence-electron chi connectivity index (χ4n) is 4.04. The second-order valence-electron chi connectivity index (χ2n) is 7.88. The number of benzene rings is 2. The lowest BCUT2D eigenvalue weighted by atomic mass is 9.98. The average Bonchev–Trinajstić information content (AvgIpc) is 3.46. The van der Waals surface area contributed by atoms with Crippen LogP contribution < -0.4 is 10.6 Å². The predicted molar refractivity (Wildman–Crippen MR) is 110 cm³/mol. The zero-order valence-corrected chi connectivity index (χ0v) is 16.6. The van der Waals surface area contributed by atoms with Gasteiger partial charge in [0.1, 0.15) is 12.6 Å². The van der Waals surface area contributed by atoms with Gasteiger partial charge in [-0.25, -0.2) is 4.79 Å². The molecule has 0 saturated heterocycles.